The van der Waals surface area contributed by atoms with Gasteiger partial charge in [0.05, 0.1) is 15.9 Å². The van der Waals surface area contributed by atoms with E-state index in [0.717, 1.165) is 18.4 Å². The van der Waals surface area contributed by atoms with Crippen molar-refractivity contribution >= 4 is 44.0 Å². The minimum absolute atomic E-state index is 0.0102. The molecule has 1 N–H and O–H groups in total. The van der Waals surface area contributed by atoms with Crippen molar-refractivity contribution in [3.8, 4) is 5.88 Å². The van der Waals surface area contributed by atoms with Crippen molar-refractivity contribution in [2.45, 2.75) is 36.3 Å². The highest BCUT2D eigenvalue weighted by molar-refractivity contribution is 14.1. The number of halogens is 5. The first-order valence-corrected chi connectivity index (χ1v) is 12.1. The molecule has 1 saturated carbocycles. The Labute approximate surface area is 195 Å². The molecule has 32 heavy (non-hydrogen) atoms. The molecule has 6 nitrogen and oxygen atoms in total. The van der Waals surface area contributed by atoms with Crippen LogP contribution in [0.2, 0.25) is 0 Å². The Balaban J connectivity index is 1.76. The Morgan fingerprint density at radius 1 is 1.22 bits per heavy atom. The molecule has 1 aromatic carbocycles. The second-order valence-electron chi connectivity index (χ2n) is 7.32. The third-order valence-corrected chi connectivity index (χ3v) is 7.12. The van der Waals surface area contributed by atoms with E-state index < -0.39 is 38.8 Å². The van der Waals surface area contributed by atoms with E-state index >= 15 is 0 Å². The molecule has 1 heterocycles. The van der Waals surface area contributed by atoms with Gasteiger partial charge in [-0.3, -0.25) is 4.79 Å². The molecule has 0 radical (unpaired) electrons. The minimum Gasteiger partial charge on any atom is -0.432 e. The number of benzene rings is 1. The lowest BCUT2D eigenvalue weighted by atomic mass is 9.97. The van der Waals surface area contributed by atoms with Gasteiger partial charge in [0.15, 0.2) is 13.6 Å². The topological polar surface area (TPSA) is 85.4 Å². The molecule has 3 rings (SSSR count). The number of amides is 1. The summed E-state index contributed by atoms with van der Waals surface area (Å²) in [6, 6.07) is 7.75. The third kappa shape index (κ3) is 5.05. The number of rotatable bonds is 6. The molecule has 1 aliphatic rings. The predicted molar refractivity (Wildman–Crippen MR) is 117 cm³/mol. The zero-order valence-corrected chi connectivity index (χ0v) is 19.7. The molecule has 0 spiro atoms. The lowest BCUT2D eigenvalue weighted by Crippen LogP contribution is -2.30. The standard InChI is InChI=1S/C20H17F4IN2O4S/c1-11(18(28)26-12-4-3-5-13(10-12)32(2,29)30)17(25)31-15-7-6-14(16(21)27-15)19(8-9-19)20(22,23)24/h3-7,10H,8-9H2,1-2H3,(H,26,28)/b17-11-. The van der Waals surface area contributed by atoms with Gasteiger partial charge in [0.25, 0.3) is 5.91 Å². The fourth-order valence-corrected chi connectivity index (χ4v) is 4.09. The van der Waals surface area contributed by atoms with Gasteiger partial charge in [0, 0.05) is 46.2 Å². The summed E-state index contributed by atoms with van der Waals surface area (Å²) in [7, 11) is -3.47. The van der Waals surface area contributed by atoms with Crippen molar-refractivity contribution in [2.24, 2.45) is 0 Å². The molecule has 0 aliphatic heterocycles. The van der Waals surface area contributed by atoms with E-state index in [-0.39, 0.29) is 38.6 Å². The lowest BCUT2D eigenvalue weighted by Gasteiger charge is -2.20. The van der Waals surface area contributed by atoms with Crippen LogP contribution in [0.1, 0.15) is 25.3 Å². The maximum atomic E-state index is 14.3. The zero-order chi connectivity index (χ0) is 23.9. The number of pyridine rings is 1. The lowest BCUT2D eigenvalue weighted by molar-refractivity contribution is -0.161. The molecule has 1 aromatic heterocycles. The number of carbonyl (C=O) groups is 1. The number of carbonyl (C=O) groups excluding carboxylic acids is 1. The zero-order valence-electron chi connectivity index (χ0n) is 16.8. The predicted octanol–water partition coefficient (Wildman–Crippen LogP) is 4.90. The molecule has 1 amide bonds. The van der Waals surface area contributed by atoms with Gasteiger partial charge in [0.1, 0.15) is 0 Å². The average molecular weight is 584 g/mol. The van der Waals surface area contributed by atoms with Crippen LogP contribution >= 0.6 is 22.6 Å². The summed E-state index contributed by atoms with van der Waals surface area (Å²) in [6.07, 6.45) is -3.94. The van der Waals surface area contributed by atoms with Crippen LogP contribution in [0.5, 0.6) is 5.88 Å². The van der Waals surface area contributed by atoms with E-state index in [1.807, 2.05) is 0 Å². The molecule has 0 unspecified atom stereocenters. The first-order valence-electron chi connectivity index (χ1n) is 9.14. The number of sulfone groups is 1. The smallest absolute Gasteiger partial charge is 0.398 e. The van der Waals surface area contributed by atoms with Gasteiger partial charge in [-0.2, -0.15) is 22.5 Å². The second kappa shape index (κ2) is 8.61. The van der Waals surface area contributed by atoms with Crippen LogP contribution in [0, 0.1) is 5.95 Å². The van der Waals surface area contributed by atoms with Gasteiger partial charge in [-0.25, -0.2) is 8.42 Å². The Morgan fingerprint density at radius 2 is 1.88 bits per heavy atom. The summed E-state index contributed by atoms with van der Waals surface area (Å²) in [6.45, 7) is 1.41. The van der Waals surface area contributed by atoms with Crippen molar-refractivity contribution in [1.29, 1.82) is 0 Å². The summed E-state index contributed by atoms with van der Waals surface area (Å²) in [5.74, 6) is -2.20. The Kier molecular flexibility index (Phi) is 6.57. The summed E-state index contributed by atoms with van der Waals surface area (Å²) in [5, 5.41) is 2.52. The summed E-state index contributed by atoms with van der Waals surface area (Å²) in [5.41, 5.74) is -2.44. The van der Waals surface area contributed by atoms with E-state index in [1.54, 1.807) is 22.6 Å². The quantitative estimate of drug-likeness (QED) is 0.172. The maximum absolute atomic E-state index is 14.3. The molecule has 1 fully saturated rings. The van der Waals surface area contributed by atoms with Crippen LogP contribution < -0.4 is 10.1 Å². The second-order valence-corrected chi connectivity index (χ2v) is 10.3. The van der Waals surface area contributed by atoms with Crippen LogP contribution in [0.4, 0.5) is 23.2 Å². The number of hydrogen-bond donors (Lipinski definition) is 1. The van der Waals surface area contributed by atoms with Crippen molar-refractivity contribution in [2.75, 3.05) is 11.6 Å². The number of nitrogens with one attached hydrogen (secondary N) is 1. The molecule has 0 saturated heterocycles. The molecule has 2 aromatic rings. The number of alkyl halides is 3. The first kappa shape index (κ1) is 24.4. The van der Waals surface area contributed by atoms with Gasteiger partial charge >= 0.3 is 6.18 Å². The largest absolute Gasteiger partial charge is 0.432 e. The van der Waals surface area contributed by atoms with E-state index in [0.29, 0.717) is 0 Å². The normalized spacial score (nSPS) is 16.2. The van der Waals surface area contributed by atoms with Gasteiger partial charge in [0.2, 0.25) is 11.8 Å². The summed E-state index contributed by atoms with van der Waals surface area (Å²) >= 11 is 1.67. The van der Waals surface area contributed by atoms with E-state index in [2.05, 4.69) is 10.3 Å². The van der Waals surface area contributed by atoms with Crippen LogP contribution in [-0.2, 0) is 20.0 Å². The molecule has 12 heteroatoms. The fraction of sp³-hybridized carbons (Fsp3) is 0.300. The van der Waals surface area contributed by atoms with Gasteiger partial charge in [-0.1, -0.05) is 6.07 Å². The van der Waals surface area contributed by atoms with Crippen molar-refractivity contribution in [1.82, 2.24) is 4.98 Å². The number of nitrogens with zero attached hydrogens (tertiary/aromatic N) is 1. The van der Waals surface area contributed by atoms with Crippen LogP contribution in [0.15, 0.2) is 50.6 Å². The van der Waals surface area contributed by atoms with Crippen LogP contribution in [0.3, 0.4) is 0 Å². The van der Waals surface area contributed by atoms with E-state index in [4.69, 9.17) is 4.74 Å². The molecular weight excluding hydrogens is 567 g/mol. The third-order valence-electron chi connectivity index (χ3n) is 4.98. The fourth-order valence-electron chi connectivity index (χ4n) is 2.95. The maximum Gasteiger partial charge on any atom is 0.398 e. The van der Waals surface area contributed by atoms with E-state index in [9.17, 15) is 30.8 Å². The highest BCUT2D eigenvalue weighted by Crippen LogP contribution is 2.59. The van der Waals surface area contributed by atoms with Gasteiger partial charge < -0.3 is 10.1 Å². The minimum atomic E-state index is -4.57. The monoisotopic (exact) mass is 584 g/mol. The van der Waals surface area contributed by atoms with Crippen molar-refractivity contribution in [3.05, 3.63) is 57.2 Å². The van der Waals surface area contributed by atoms with Crippen molar-refractivity contribution < 1.29 is 35.5 Å². The molecule has 0 bridgehead atoms. The molecule has 172 valence electrons. The number of aromatic nitrogens is 1. The van der Waals surface area contributed by atoms with Crippen molar-refractivity contribution in [3.63, 3.8) is 0 Å². The Morgan fingerprint density at radius 3 is 2.41 bits per heavy atom. The van der Waals surface area contributed by atoms with Crippen LogP contribution in [-0.4, -0.2) is 31.7 Å². The van der Waals surface area contributed by atoms with E-state index in [1.165, 1.54) is 31.2 Å². The highest BCUT2D eigenvalue weighted by atomic mass is 127. The highest BCUT2D eigenvalue weighted by Gasteiger charge is 2.65. The summed E-state index contributed by atoms with van der Waals surface area (Å²) in [4.78, 5) is 15.9. The first-order chi connectivity index (χ1) is 14.7. The average Bonchev–Trinajstić information content (AvgIpc) is 3.49. The summed E-state index contributed by atoms with van der Waals surface area (Å²) < 4.78 is 82.6. The number of ether oxygens (including phenoxy) is 1. The Bertz CT molecular complexity index is 1210. The number of hydrogen-bond acceptors (Lipinski definition) is 5. The van der Waals surface area contributed by atoms with Gasteiger partial charge in [-0.15, -0.1) is 0 Å². The SMILES string of the molecule is C/C(C(=O)Nc1cccc(S(C)(=O)=O)c1)=C(\I)Oc1ccc(C2(C(F)(F)F)CC2)c(F)n1. The van der Waals surface area contributed by atoms with Gasteiger partial charge in [-0.05, 0) is 44.0 Å². The number of anilines is 1. The molecule has 0 atom stereocenters. The molecule has 1 aliphatic carbocycles. The Hall–Kier alpha value is -2.22. The van der Waals surface area contributed by atoms with Crippen LogP contribution in [0.25, 0.3) is 0 Å². The molecular formula is C20H17F4IN2O4S.